The smallest absolute Gasteiger partial charge is 0.133 e. The van der Waals surface area contributed by atoms with E-state index in [0.717, 1.165) is 16.1 Å². The summed E-state index contributed by atoms with van der Waals surface area (Å²) in [6.45, 7) is 2.70. The van der Waals surface area contributed by atoms with Crippen molar-refractivity contribution in [2.45, 2.75) is 24.6 Å². The first-order valence-corrected chi connectivity index (χ1v) is 6.99. The number of ether oxygens (including phenoxy) is 1. The summed E-state index contributed by atoms with van der Waals surface area (Å²) in [7, 11) is 0. The lowest BCUT2D eigenvalue weighted by Gasteiger charge is -2.11. The fraction of sp³-hybridized carbons (Fsp3) is 0.500. The van der Waals surface area contributed by atoms with E-state index in [1.165, 1.54) is 18.4 Å². The summed E-state index contributed by atoms with van der Waals surface area (Å²) in [5.41, 5.74) is 1.34. The molecule has 0 N–H and O–H groups in total. The van der Waals surface area contributed by atoms with Gasteiger partial charge in [-0.25, -0.2) is 0 Å². The molecule has 1 aromatic rings. The Hall–Kier alpha value is -0.0200. The molecule has 0 aromatic heterocycles. The molecule has 1 nitrogen and oxygen atoms in total. The Labute approximate surface area is 107 Å². The SMILES string of the molecule is CCOc1ccc(C(Br)C2CC2)cc1Br. The van der Waals surface area contributed by atoms with Crippen molar-refractivity contribution in [2.24, 2.45) is 5.92 Å². The lowest BCUT2D eigenvalue weighted by Crippen LogP contribution is -1.95. The summed E-state index contributed by atoms with van der Waals surface area (Å²) < 4.78 is 6.53. The van der Waals surface area contributed by atoms with Gasteiger partial charge in [0.05, 0.1) is 11.1 Å². The van der Waals surface area contributed by atoms with Crippen LogP contribution >= 0.6 is 31.9 Å². The Morgan fingerprint density at radius 1 is 1.47 bits per heavy atom. The van der Waals surface area contributed by atoms with Crippen molar-refractivity contribution < 1.29 is 4.74 Å². The zero-order valence-electron chi connectivity index (χ0n) is 8.67. The maximum Gasteiger partial charge on any atom is 0.133 e. The van der Waals surface area contributed by atoms with Gasteiger partial charge in [0.2, 0.25) is 0 Å². The van der Waals surface area contributed by atoms with Gasteiger partial charge in [0.25, 0.3) is 0 Å². The minimum atomic E-state index is 0.504. The normalized spacial score (nSPS) is 17.5. The summed E-state index contributed by atoms with van der Waals surface area (Å²) in [4.78, 5) is 0.504. The molecule has 1 aliphatic rings. The summed E-state index contributed by atoms with van der Waals surface area (Å²) in [5, 5.41) is 0. The molecule has 1 atom stereocenters. The van der Waals surface area contributed by atoms with Crippen molar-refractivity contribution in [3.05, 3.63) is 28.2 Å². The standard InChI is InChI=1S/C12H14Br2O/c1-2-15-11-6-5-9(7-10(11)13)12(14)8-3-4-8/h5-8,12H,2-4H2,1H3. The van der Waals surface area contributed by atoms with E-state index in [2.05, 4.69) is 44.0 Å². The third kappa shape index (κ3) is 2.76. The van der Waals surface area contributed by atoms with Gasteiger partial charge in [-0.15, -0.1) is 0 Å². The molecule has 0 spiro atoms. The van der Waals surface area contributed by atoms with E-state index < -0.39 is 0 Å². The van der Waals surface area contributed by atoms with Gasteiger partial charge in [0.1, 0.15) is 5.75 Å². The maximum absolute atomic E-state index is 5.49. The Morgan fingerprint density at radius 2 is 2.20 bits per heavy atom. The molecule has 15 heavy (non-hydrogen) atoms. The molecule has 3 heteroatoms. The molecule has 1 aliphatic carbocycles. The van der Waals surface area contributed by atoms with Crippen molar-refractivity contribution in [1.29, 1.82) is 0 Å². The van der Waals surface area contributed by atoms with Crippen molar-refractivity contribution in [3.63, 3.8) is 0 Å². The zero-order valence-corrected chi connectivity index (χ0v) is 11.8. The highest BCUT2D eigenvalue weighted by molar-refractivity contribution is 9.10. The summed E-state index contributed by atoms with van der Waals surface area (Å²) >= 11 is 7.29. The van der Waals surface area contributed by atoms with Gasteiger partial charge < -0.3 is 4.74 Å². The van der Waals surface area contributed by atoms with Gasteiger partial charge >= 0.3 is 0 Å². The molecule has 2 rings (SSSR count). The number of hydrogen-bond acceptors (Lipinski definition) is 1. The van der Waals surface area contributed by atoms with Gasteiger partial charge in [-0.2, -0.15) is 0 Å². The number of alkyl halides is 1. The molecule has 0 heterocycles. The topological polar surface area (TPSA) is 9.23 Å². The molecule has 0 aliphatic heterocycles. The minimum absolute atomic E-state index is 0.504. The van der Waals surface area contributed by atoms with E-state index in [0.29, 0.717) is 11.4 Å². The average Bonchev–Trinajstić information content (AvgIpc) is 3.04. The van der Waals surface area contributed by atoms with Gasteiger partial charge in [-0.1, -0.05) is 22.0 Å². The quantitative estimate of drug-likeness (QED) is 0.726. The van der Waals surface area contributed by atoms with Crippen LogP contribution in [0, 0.1) is 5.92 Å². The van der Waals surface area contributed by atoms with Crippen LogP contribution in [0.4, 0.5) is 0 Å². The number of benzene rings is 1. The first-order valence-electron chi connectivity index (χ1n) is 5.28. The molecular formula is C12H14Br2O. The van der Waals surface area contributed by atoms with Gasteiger partial charge in [-0.3, -0.25) is 0 Å². The van der Waals surface area contributed by atoms with Crippen LogP contribution in [0.25, 0.3) is 0 Å². The largest absolute Gasteiger partial charge is 0.493 e. The minimum Gasteiger partial charge on any atom is -0.493 e. The molecule has 0 radical (unpaired) electrons. The predicted octanol–water partition coefficient (Wildman–Crippen LogP) is 4.69. The van der Waals surface area contributed by atoms with Crippen LogP contribution in [0.3, 0.4) is 0 Å². The molecule has 1 aromatic carbocycles. The molecular weight excluding hydrogens is 320 g/mol. The summed E-state index contributed by atoms with van der Waals surface area (Å²) in [6, 6.07) is 6.34. The Balaban J connectivity index is 2.16. The van der Waals surface area contributed by atoms with Crippen LogP contribution in [0.5, 0.6) is 5.75 Å². The number of hydrogen-bond donors (Lipinski definition) is 0. The molecule has 0 saturated heterocycles. The first-order chi connectivity index (χ1) is 7.22. The van der Waals surface area contributed by atoms with E-state index in [4.69, 9.17) is 4.74 Å². The highest BCUT2D eigenvalue weighted by Gasteiger charge is 2.30. The molecule has 1 unspecified atom stereocenters. The third-order valence-electron chi connectivity index (χ3n) is 2.61. The van der Waals surface area contributed by atoms with E-state index in [9.17, 15) is 0 Å². The predicted molar refractivity (Wildman–Crippen MR) is 69.7 cm³/mol. The van der Waals surface area contributed by atoms with Crippen molar-refractivity contribution in [3.8, 4) is 5.75 Å². The van der Waals surface area contributed by atoms with Crippen LogP contribution < -0.4 is 4.74 Å². The second-order valence-corrected chi connectivity index (χ2v) is 5.70. The van der Waals surface area contributed by atoms with E-state index in [1.807, 2.05) is 13.0 Å². The van der Waals surface area contributed by atoms with Crippen LogP contribution in [0.15, 0.2) is 22.7 Å². The molecule has 0 amide bonds. The fourth-order valence-electron chi connectivity index (χ4n) is 1.62. The number of halogens is 2. The molecule has 1 saturated carbocycles. The Bertz CT molecular complexity index is 347. The van der Waals surface area contributed by atoms with Crippen LogP contribution in [0.1, 0.15) is 30.2 Å². The fourth-order valence-corrected chi connectivity index (χ4v) is 2.95. The second-order valence-electron chi connectivity index (χ2n) is 3.86. The van der Waals surface area contributed by atoms with Crippen LogP contribution in [0.2, 0.25) is 0 Å². The van der Waals surface area contributed by atoms with E-state index in [1.54, 1.807) is 0 Å². The molecule has 1 fully saturated rings. The van der Waals surface area contributed by atoms with E-state index >= 15 is 0 Å². The monoisotopic (exact) mass is 332 g/mol. The maximum atomic E-state index is 5.49. The van der Waals surface area contributed by atoms with Gasteiger partial charge in [-0.05, 0) is 59.3 Å². The molecule has 0 bridgehead atoms. The third-order valence-corrected chi connectivity index (χ3v) is 4.51. The van der Waals surface area contributed by atoms with Crippen molar-refractivity contribution >= 4 is 31.9 Å². The van der Waals surface area contributed by atoms with E-state index in [-0.39, 0.29) is 0 Å². The van der Waals surface area contributed by atoms with Crippen LogP contribution in [-0.2, 0) is 0 Å². The lowest BCUT2D eigenvalue weighted by molar-refractivity contribution is 0.338. The summed E-state index contributed by atoms with van der Waals surface area (Å²) in [6.07, 6.45) is 2.70. The summed E-state index contributed by atoms with van der Waals surface area (Å²) in [5.74, 6) is 1.76. The van der Waals surface area contributed by atoms with Crippen LogP contribution in [-0.4, -0.2) is 6.61 Å². The van der Waals surface area contributed by atoms with Gasteiger partial charge in [0.15, 0.2) is 0 Å². The Kier molecular flexibility index (Phi) is 3.73. The zero-order chi connectivity index (χ0) is 10.8. The Morgan fingerprint density at radius 3 is 2.73 bits per heavy atom. The molecule has 82 valence electrons. The van der Waals surface area contributed by atoms with Gasteiger partial charge in [0, 0.05) is 4.83 Å². The highest BCUT2D eigenvalue weighted by Crippen LogP contribution is 2.47. The number of rotatable bonds is 4. The van der Waals surface area contributed by atoms with Crippen molar-refractivity contribution in [1.82, 2.24) is 0 Å². The van der Waals surface area contributed by atoms with Crippen molar-refractivity contribution in [2.75, 3.05) is 6.61 Å². The highest BCUT2D eigenvalue weighted by atomic mass is 79.9. The lowest BCUT2D eigenvalue weighted by atomic mass is 10.1. The second kappa shape index (κ2) is 4.88. The average molecular weight is 334 g/mol. The first kappa shape index (κ1) is 11.5.